The second-order valence-electron chi connectivity index (χ2n) is 9.95. The number of halogens is 1. The monoisotopic (exact) mass is 536 g/mol. The third-order valence-electron chi connectivity index (χ3n) is 6.36. The molecule has 0 radical (unpaired) electrons. The number of nitrogens with zero attached hydrogens (tertiary/aromatic N) is 2. The Hall–Kier alpha value is -3.65. The highest BCUT2D eigenvalue weighted by Crippen LogP contribution is 2.24. The molecule has 2 heterocycles. The van der Waals surface area contributed by atoms with Crippen molar-refractivity contribution in [1.82, 2.24) is 20.5 Å². The van der Waals surface area contributed by atoms with E-state index in [2.05, 4.69) is 29.5 Å². The summed E-state index contributed by atoms with van der Waals surface area (Å²) < 4.78 is 6.01. The number of aromatic nitrogens is 1. The second-order valence-corrected chi connectivity index (χ2v) is 10.4. The van der Waals surface area contributed by atoms with Gasteiger partial charge >= 0.3 is 0 Å². The van der Waals surface area contributed by atoms with Crippen molar-refractivity contribution in [1.29, 1.82) is 0 Å². The third-order valence-corrected chi connectivity index (χ3v) is 6.59. The van der Waals surface area contributed by atoms with Crippen LogP contribution in [0.2, 0.25) is 5.02 Å². The van der Waals surface area contributed by atoms with Gasteiger partial charge in [0.15, 0.2) is 0 Å². The van der Waals surface area contributed by atoms with E-state index in [-0.39, 0.29) is 36.9 Å². The molecule has 38 heavy (non-hydrogen) atoms. The highest BCUT2D eigenvalue weighted by Gasteiger charge is 2.23. The minimum absolute atomic E-state index is 0.0724. The molecular weight excluding hydrogens is 504 g/mol. The SMILES string of the molecule is CC(C)C[C@@H]1COc2ccc(Cl)cc2C(=O)NCCCCN(C(=O)c2ccc3ncccc3c2)CC(=O)N1. The van der Waals surface area contributed by atoms with Crippen molar-refractivity contribution in [3.63, 3.8) is 0 Å². The fourth-order valence-electron chi connectivity index (χ4n) is 4.55. The highest BCUT2D eigenvalue weighted by atomic mass is 35.5. The highest BCUT2D eigenvalue weighted by molar-refractivity contribution is 6.31. The van der Waals surface area contributed by atoms with Gasteiger partial charge in [-0.05, 0) is 67.6 Å². The molecule has 9 heteroatoms. The zero-order valence-electron chi connectivity index (χ0n) is 21.7. The van der Waals surface area contributed by atoms with Crippen LogP contribution in [0.1, 0.15) is 53.8 Å². The zero-order chi connectivity index (χ0) is 27.1. The van der Waals surface area contributed by atoms with Crippen LogP contribution in [0.25, 0.3) is 10.9 Å². The van der Waals surface area contributed by atoms with E-state index >= 15 is 0 Å². The molecule has 1 atom stereocenters. The third kappa shape index (κ3) is 7.22. The molecule has 0 saturated carbocycles. The zero-order valence-corrected chi connectivity index (χ0v) is 22.5. The van der Waals surface area contributed by atoms with Crippen molar-refractivity contribution in [2.24, 2.45) is 5.92 Å². The Morgan fingerprint density at radius 1 is 1.16 bits per heavy atom. The van der Waals surface area contributed by atoms with Crippen molar-refractivity contribution in [2.75, 3.05) is 26.2 Å². The molecule has 3 aromatic rings. The van der Waals surface area contributed by atoms with Gasteiger partial charge in [0.2, 0.25) is 5.91 Å². The number of carbonyl (C=O) groups is 3. The minimum atomic E-state index is -0.303. The van der Waals surface area contributed by atoms with E-state index in [9.17, 15) is 14.4 Å². The van der Waals surface area contributed by atoms with Gasteiger partial charge in [0.1, 0.15) is 12.4 Å². The Labute approximate surface area is 227 Å². The molecule has 0 aliphatic carbocycles. The number of pyridine rings is 1. The van der Waals surface area contributed by atoms with Crippen molar-refractivity contribution >= 4 is 40.2 Å². The van der Waals surface area contributed by atoms with Crippen LogP contribution in [0.5, 0.6) is 5.75 Å². The normalized spacial score (nSPS) is 17.6. The van der Waals surface area contributed by atoms with E-state index in [1.807, 2.05) is 18.2 Å². The minimum Gasteiger partial charge on any atom is -0.491 e. The first-order chi connectivity index (χ1) is 18.3. The molecule has 1 aromatic heterocycles. The molecule has 0 fully saturated rings. The molecule has 8 nitrogen and oxygen atoms in total. The molecule has 3 amide bonds. The molecule has 0 unspecified atom stereocenters. The van der Waals surface area contributed by atoms with Crippen LogP contribution >= 0.6 is 11.6 Å². The summed E-state index contributed by atoms with van der Waals surface area (Å²) in [5.41, 5.74) is 1.65. The fourth-order valence-corrected chi connectivity index (χ4v) is 4.72. The topological polar surface area (TPSA) is 101 Å². The number of ether oxygens (including phenoxy) is 1. The number of hydrogen-bond donors (Lipinski definition) is 2. The summed E-state index contributed by atoms with van der Waals surface area (Å²) in [5.74, 6) is -0.0526. The number of carbonyl (C=O) groups excluding carboxylic acids is 3. The van der Waals surface area contributed by atoms with Gasteiger partial charge in [-0.15, -0.1) is 0 Å². The maximum atomic E-state index is 13.5. The second kappa shape index (κ2) is 12.7. The lowest BCUT2D eigenvalue weighted by atomic mass is 10.0. The van der Waals surface area contributed by atoms with E-state index < -0.39 is 0 Å². The first kappa shape index (κ1) is 27.4. The van der Waals surface area contributed by atoms with E-state index in [4.69, 9.17) is 16.3 Å². The standard InChI is InChI=1S/C29H33ClN4O4/c1-19(2)14-23-18-38-26-10-8-22(30)16-24(26)28(36)32-11-3-4-13-34(17-27(35)33-23)29(37)21-7-9-25-20(15-21)6-5-12-31-25/h5-10,12,15-16,19,23H,3-4,11,13-14,17-18H2,1-2H3,(H,32,36)(H,33,35)/t23-/m1/s1. The van der Waals surface area contributed by atoms with Crippen LogP contribution in [0, 0.1) is 5.92 Å². The van der Waals surface area contributed by atoms with Gasteiger partial charge in [-0.25, -0.2) is 0 Å². The summed E-state index contributed by atoms with van der Waals surface area (Å²) in [4.78, 5) is 45.4. The molecule has 4 rings (SSSR count). The van der Waals surface area contributed by atoms with Gasteiger partial charge in [-0.3, -0.25) is 19.4 Å². The Morgan fingerprint density at radius 2 is 2.00 bits per heavy atom. The van der Waals surface area contributed by atoms with Gasteiger partial charge in [0.05, 0.1) is 23.7 Å². The van der Waals surface area contributed by atoms with Gasteiger partial charge in [-0.2, -0.15) is 0 Å². The molecule has 1 aliphatic rings. The van der Waals surface area contributed by atoms with E-state index in [0.717, 1.165) is 10.9 Å². The van der Waals surface area contributed by atoms with E-state index in [1.54, 1.807) is 41.4 Å². The lowest BCUT2D eigenvalue weighted by Gasteiger charge is -2.25. The molecule has 1 aliphatic heterocycles. The molecule has 2 aromatic carbocycles. The van der Waals surface area contributed by atoms with Crippen LogP contribution in [-0.4, -0.2) is 59.9 Å². The van der Waals surface area contributed by atoms with Gasteiger partial charge in [0, 0.05) is 35.3 Å². The maximum absolute atomic E-state index is 13.5. The molecular formula is C29H33ClN4O4. The number of hydrogen-bond acceptors (Lipinski definition) is 5. The Balaban J connectivity index is 1.56. The predicted molar refractivity (Wildman–Crippen MR) is 148 cm³/mol. The van der Waals surface area contributed by atoms with Crippen LogP contribution in [0.15, 0.2) is 54.7 Å². The van der Waals surface area contributed by atoms with Crippen LogP contribution in [0.4, 0.5) is 0 Å². The Kier molecular flexibility index (Phi) is 9.18. The Morgan fingerprint density at radius 3 is 2.82 bits per heavy atom. The average Bonchev–Trinajstić information content (AvgIpc) is 2.90. The van der Waals surface area contributed by atoms with Crippen molar-refractivity contribution < 1.29 is 19.1 Å². The van der Waals surface area contributed by atoms with Crippen molar-refractivity contribution in [3.05, 3.63) is 70.9 Å². The number of amides is 3. The summed E-state index contributed by atoms with van der Waals surface area (Å²) in [6, 6.07) is 13.7. The van der Waals surface area contributed by atoms with Crippen LogP contribution < -0.4 is 15.4 Å². The summed E-state index contributed by atoms with van der Waals surface area (Å²) in [7, 11) is 0. The average molecular weight is 537 g/mol. The van der Waals surface area contributed by atoms with Gasteiger partial charge in [-0.1, -0.05) is 31.5 Å². The predicted octanol–water partition coefficient (Wildman–Crippen LogP) is 4.46. The first-order valence-corrected chi connectivity index (χ1v) is 13.3. The quantitative estimate of drug-likeness (QED) is 0.514. The Bertz CT molecular complexity index is 1310. The van der Waals surface area contributed by atoms with Crippen LogP contribution in [0.3, 0.4) is 0 Å². The van der Waals surface area contributed by atoms with Crippen LogP contribution in [-0.2, 0) is 4.79 Å². The fraction of sp³-hybridized carbons (Fsp3) is 0.379. The van der Waals surface area contributed by atoms with Crippen molar-refractivity contribution in [3.8, 4) is 5.75 Å². The molecule has 200 valence electrons. The van der Waals surface area contributed by atoms with Gasteiger partial charge in [0.25, 0.3) is 11.8 Å². The summed E-state index contributed by atoms with van der Waals surface area (Å²) in [5, 5.41) is 7.25. The first-order valence-electron chi connectivity index (χ1n) is 12.9. The number of fused-ring (bicyclic) bond motifs is 2. The number of benzene rings is 2. The van der Waals surface area contributed by atoms with E-state index in [0.29, 0.717) is 60.2 Å². The molecule has 0 saturated heterocycles. The van der Waals surface area contributed by atoms with Crippen molar-refractivity contribution in [2.45, 2.75) is 39.2 Å². The van der Waals surface area contributed by atoms with Gasteiger partial charge < -0.3 is 20.3 Å². The summed E-state index contributed by atoms with van der Waals surface area (Å²) in [6.07, 6.45) is 3.63. The molecule has 2 N–H and O–H groups in total. The summed E-state index contributed by atoms with van der Waals surface area (Å²) in [6.45, 7) is 5.02. The molecule has 0 spiro atoms. The lowest BCUT2D eigenvalue weighted by Crippen LogP contribution is -2.46. The molecule has 0 bridgehead atoms. The maximum Gasteiger partial charge on any atom is 0.255 e. The largest absolute Gasteiger partial charge is 0.491 e. The smallest absolute Gasteiger partial charge is 0.255 e. The lowest BCUT2D eigenvalue weighted by molar-refractivity contribution is -0.122. The summed E-state index contributed by atoms with van der Waals surface area (Å²) >= 11 is 6.15. The van der Waals surface area contributed by atoms with E-state index in [1.165, 1.54) is 0 Å². The number of rotatable bonds is 3. The number of nitrogens with one attached hydrogen (secondary N) is 2.